The van der Waals surface area contributed by atoms with E-state index in [0.29, 0.717) is 40.5 Å². The number of unbranched alkanes of at least 4 members (excludes halogenated alkanes) is 1. The van der Waals surface area contributed by atoms with Crippen LogP contribution in [0.25, 0.3) is 11.0 Å². The molecule has 5 rings (SSSR count). The lowest BCUT2D eigenvalue weighted by Crippen LogP contribution is -2.43. The average molecular weight is 579 g/mol. The fourth-order valence-electron chi connectivity index (χ4n) is 4.62. The van der Waals surface area contributed by atoms with Crippen LogP contribution in [0.4, 0.5) is 4.39 Å². The van der Waals surface area contributed by atoms with Gasteiger partial charge < -0.3 is 23.7 Å². The van der Waals surface area contributed by atoms with Crippen LogP contribution in [0.2, 0.25) is 5.02 Å². The second kappa shape index (κ2) is 12.4. The molecular weight excluding hydrogens is 551 g/mol. The van der Waals surface area contributed by atoms with Gasteiger partial charge in [-0.15, -0.1) is 0 Å². The van der Waals surface area contributed by atoms with Gasteiger partial charge in [-0.3, -0.25) is 14.4 Å². The van der Waals surface area contributed by atoms with Gasteiger partial charge in [0, 0.05) is 23.7 Å². The molecule has 0 saturated heterocycles. The van der Waals surface area contributed by atoms with E-state index >= 15 is 0 Å². The van der Waals surface area contributed by atoms with Crippen LogP contribution >= 0.6 is 11.6 Å². The topological polar surface area (TPSA) is 89.3 Å². The van der Waals surface area contributed by atoms with Gasteiger partial charge in [-0.2, -0.15) is 0 Å². The van der Waals surface area contributed by atoms with Crippen molar-refractivity contribution in [1.29, 1.82) is 0 Å². The largest absolute Gasteiger partial charge is 0.464 e. The van der Waals surface area contributed by atoms with Crippen molar-refractivity contribution >= 4 is 34.4 Å². The molecule has 0 saturated carbocycles. The molecule has 0 aliphatic carbocycles. The standard InChI is InChI=1S/C31H28ClFN2O6/c1-2-3-11-34(31(38)21-5-4-6-24(33)13-21)17-29(36)35(15-20-7-9-27-28(12-20)41-19-40-27)16-22-18-39-26-10-8-23(32)14-25(26)30(22)37/h4-10,12-14,18H,2-3,11,15-17,19H2,1H3. The van der Waals surface area contributed by atoms with E-state index in [9.17, 15) is 18.8 Å². The molecule has 2 heterocycles. The van der Waals surface area contributed by atoms with Crippen LogP contribution in [0.3, 0.4) is 0 Å². The number of carbonyl (C=O) groups is 2. The summed E-state index contributed by atoms with van der Waals surface area (Å²) in [6.07, 6.45) is 2.79. The SMILES string of the molecule is CCCCN(CC(=O)N(Cc1ccc2c(c1)OCO2)Cc1coc2ccc(Cl)cc2c1=O)C(=O)c1cccc(F)c1. The molecule has 1 aromatic heterocycles. The normalized spacial score (nSPS) is 12.0. The Labute approximate surface area is 240 Å². The number of amides is 2. The summed E-state index contributed by atoms with van der Waals surface area (Å²) in [4.78, 5) is 43.4. The Kier molecular flexibility index (Phi) is 8.54. The van der Waals surface area contributed by atoms with Crippen molar-refractivity contribution in [2.45, 2.75) is 32.9 Å². The summed E-state index contributed by atoms with van der Waals surface area (Å²) >= 11 is 6.11. The van der Waals surface area contributed by atoms with Gasteiger partial charge in [-0.05, 0) is 60.5 Å². The third-order valence-corrected chi connectivity index (χ3v) is 7.03. The van der Waals surface area contributed by atoms with Crippen LogP contribution in [-0.4, -0.2) is 41.5 Å². The van der Waals surface area contributed by atoms with Gasteiger partial charge in [-0.1, -0.05) is 37.1 Å². The first kappa shape index (κ1) is 28.2. The summed E-state index contributed by atoms with van der Waals surface area (Å²) in [6, 6.07) is 15.5. The van der Waals surface area contributed by atoms with E-state index < -0.39 is 17.6 Å². The molecule has 1 aliphatic rings. The third kappa shape index (κ3) is 6.52. The highest BCUT2D eigenvalue weighted by atomic mass is 35.5. The summed E-state index contributed by atoms with van der Waals surface area (Å²) in [5.74, 6) is -0.223. The highest BCUT2D eigenvalue weighted by molar-refractivity contribution is 6.31. The Morgan fingerprint density at radius 1 is 0.976 bits per heavy atom. The Balaban J connectivity index is 1.45. The second-order valence-corrected chi connectivity index (χ2v) is 10.2. The number of hydrogen-bond donors (Lipinski definition) is 0. The van der Waals surface area contributed by atoms with Crippen molar-refractivity contribution in [3.63, 3.8) is 0 Å². The molecule has 0 bridgehead atoms. The quantitative estimate of drug-likeness (QED) is 0.237. The number of benzene rings is 3. The molecule has 0 radical (unpaired) electrons. The van der Waals surface area contributed by atoms with E-state index in [1.54, 1.807) is 24.3 Å². The summed E-state index contributed by atoms with van der Waals surface area (Å²) < 4.78 is 30.4. The molecule has 3 aromatic carbocycles. The van der Waals surface area contributed by atoms with Crippen molar-refractivity contribution in [2.75, 3.05) is 19.9 Å². The Morgan fingerprint density at radius 2 is 1.80 bits per heavy atom. The molecule has 2 amide bonds. The lowest BCUT2D eigenvalue weighted by molar-refractivity contribution is -0.133. The number of hydrogen-bond acceptors (Lipinski definition) is 6. The highest BCUT2D eigenvalue weighted by Crippen LogP contribution is 2.33. The molecule has 10 heteroatoms. The summed E-state index contributed by atoms with van der Waals surface area (Å²) in [5.41, 5.74) is 1.22. The molecule has 0 unspecified atom stereocenters. The minimum absolute atomic E-state index is 0.0756. The van der Waals surface area contributed by atoms with Crippen molar-refractivity contribution in [2.24, 2.45) is 0 Å². The lowest BCUT2D eigenvalue weighted by atomic mass is 10.1. The molecule has 0 N–H and O–H groups in total. The van der Waals surface area contributed by atoms with Gasteiger partial charge in [0.1, 0.15) is 17.9 Å². The van der Waals surface area contributed by atoms with Crippen LogP contribution in [-0.2, 0) is 17.9 Å². The average Bonchev–Trinajstić information content (AvgIpc) is 3.44. The van der Waals surface area contributed by atoms with Gasteiger partial charge in [-0.25, -0.2) is 4.39 Å². The lowest BCUT2D eigenvalue weighted by Gasteiger charge is -2.28. The maximum atomic E-state index is 13.9. The number of nitrogens with zero attached hydrogens (tertiary/aromatic N) is 2. The summed E-state index contributed by atoms with van der Waals surface area (Å²) in [6.45, 7) is 2.18. The van der Waals surface area contributed by atoms with E-state index in [2.05, 4.69) is 0 Å². The smallest absolute Gasteiger partial charge is 0.254 e. The van der Waals surface area contributed by atoms with E-state index in [1.807, 2.05) is 13.0 Å². The minimum Gasteiger partial charge on any atom is -0.464 e. The molecule has 8 nitrogen and oxygen atoms in total. The Hall–Kier alpha value is -4.37. The molecule has 0 spiro atoms. The third-order valence-electron chi connectivity index (χ3n) is 6.80. The molecule has 0 fully saturated rings. The van der Waals surface area contributed by atoms with Crippen LogP contribution < -0.4 is 14.9 Å². The molecule has 41 heavy (non-hydrogen) atoms. The molecule has 212 valence electrons. The summed E-state index contributed by atoms with van der Waals surface area (Å²) in [5, 5.41) is 0.689. The summed E-state index contributed by atoms with van der Waals surface area (Å²) in [7, 11) is 0. The number of rotatable bonds is 10. The van der Waals surface area contributed by atoms with E-state index in [0.717, 1.165) is 18.1 Å². The maximum absolute atomic E-state index is 13.9. The number of fused-ring (bicyclic) bond motifs is 2. The van der Waals surface area contributed by atoms with Crippen LogP contribution in [0, 0.1) is 5.82 Å². The monoisotopic (exact) mass is 578 g/mol. The Bertz CT molecular complexity index is 1660. The zero-order valence-electron chi connectivity index (χ0n) is 22.4. The fraction of sp³-hybridized carbons (Fsp3) is 0.258. The first-order chi connectivity index (χ1) is 19.8. The second-order valence-electron chi connectivity index (χ2n) is 9.76. The predicted octanol–water partition coefficient (Wildman–Crippen LogP) is 5.79. The maximum Gasteiger partial charge on any atom is 0.254 e. The molecule has 1 aliphatic heterocycles. The van der Waals surface area contributed by atoms with E-state index in [1.165, 1.54) is 40.3 Å². The van der Waals surface area contributed by atoms with Crippen molar-refractivity contribution in [3.05, 3.63) is 105 Å². The molecule has 0 atom stereocenters. The zero-order valence-corrected chi connectivity index (χ0v) is 23.2. The van der Waals surface area contributed by atoms with Gasteiger partial charge in [0.15, 0.2) is 16.9 Å². The van der Waals surface area contributed by atoms with E-state index in [-0.39, 0.29) is 43.0 Å². The molecular formula is C31H28ClFN2O6. The van der Waals surface area contributed by atoms with Gasteiger partial charge in [0.05, 0.1) is 23.8 Å². The van der Waals surface area contributed by atoms with Crippen molar-refractivity contribution < 1.29 is 27.9 Å². The van der Waals surface area contributed by atoms with Crippen molar-refractivity contribution in [3.8, 4) is 11.5 Å². The van der Waals surface area contributed by atoms with Gasteiger partial charge >= 0.3 is 0 Å². The van der Waals surface area contributed by atoms with Gasteiger partial charge in [0.2, 0.25) is 12.7 Å². The van der Waals surface area contributed by atoms with Crippen LogP contribution in [0.15, 0.2) is 76.1 Å². The number of halogens is 2. The van der Waals surface area contributed by atoms with Gasteiger partial charge in [0.25, 0.3) is 5.91 Å². The van der Waals surface area contributed by atoms with Crippen LogP contribution in [0.5, 0.6) is 11.5 Å². The first-order valence-electron chi connectivity index (χ1n) is 13.2. The highest BCUT2D eigenvalue weighted by Gasteiger charge is 2.25. The van der Waals surface area contributed by atoms with Crippen molar-refractivity contribution in [1.82, 2.24) is 9.80 Å². The predicted molar refractivity (Wildman–Crippen MR) is 152 cm³/mol. The first-order valence-corrected chi connectivity index (χ1v) is 13.6. The van der Waals surface area contributed by atoms with E-state index in [4.69, 9.17) is 25.5 Å². The molecule has 4 aromatic rings. The minimum atomic E-state index is -0.537. The van der Waals surface area contributed by atoms with Crippen LogP contribution in [0.1, 0.15) is 41.3 Å². The number of carbonyl (C=O) groups excluding carboxylic acids is 2. The Morgan fingerprint density at radius 3 is 2.61 bits per heavy atom. The fourth-order valence-corrected chi connectivity index (χ4v) is 4.79. The zero-order chi connectivity index (χ0) is 28.9. The number of ether oxygens (including phenoxy) is 2.